The highest BCUT2D eigenvalue weighted by molar-refractivity contribution is 5.83. The quantitative estimate of drug-likeness (QED) is 0.528. The fraction of sp³-hybridized carbons (Fsp3) is 0.400. The molecule has 1 fully saturated rings. The molecule has 0 saturated carbocycles. The SMILES string of the molecule is Cc1cc([C@@H](C)OC[C@@]2(c3ccccc3)CC[C@@](C(N)=O)(n3cnnc3)CN2)cc(C(F)(F)F)c1. The number of aryl methyl sites for hydroxylation is 1. The van der Waals surface area contributed by atoms with Crippen LogP contribution in [-0.4, -0.2) is 33.8 Å². The molecule has 0 spiro atoms. The second-order valence-corrected chi connectivity index (χ2v) is 9.15. The predicted octanol–water partition coefficient (Wildman–Crippen LogP) is 3.84. The number of alkyl halides is 3. The Kier molecular flexibility index (Phi) is 6.70. The lowest BCUT2D eigenvalue weighted by molar-refractivity contribution is -0.137. The third kappa shape index (κ3) is 4.94. The lowest BCUT2D eigenvalue weighted by Crippen LogP contribution is -2.62. The molecule has 35 heavy (non-hydrogen) atoms. The molecule has 2 heterocycles. The van der Waals surface area contributed by atoms with Crippen LogP contribution in [0.3, 0.4) is 0 Å². The number of nitrogens with one attached hydrogen (secondary N) is 1. The second-order valence-electron chi connectivity index (χ2n) is 9.15. The van der Waals surface area contributed by atoms with Crippen molar-refractivity contribution in [3.8, 4) is 0 Å². The van der Waals surface area contributed by atoms with Crippen molar-refractivity contribution in [3.63, 3.8) is 0 Å². The minimum Gasteiger partial charge on any atom is -0.372 e. The highest BCUT2D eigenvalue weighted by Gasteiger charge is 2.48. The summed E-state index contributed by atoms with van der Waals surface area (Å²) in [6.07, 6.45) is -1.18. The average molecular weight is 488 g/mol. The predicted molar refractivity (Wildman–Crippen MR) is 123 cm³/mol. The summed E-state index contributed by atoms with van der Waals surface area (Å²) in [4.78, 5) is 12.5. The normalized spacial score (nSPS) is 23.7. The zero-order valence-corrected chi connectivity index (χ0v) is 19.5. The molecule has 0 aliphatic carbocycles. The fourth-order valence-corrected chi connectivity index (χ4v) is 4.68. The van der Waals surface area contributed by atoms with Crippen molar-refractivity contribution in [1.82, 2.24) is 20.1 Å². The Morgan fingerprint density at radius 3 is 2.43 bits per heavy atom. The van der Waals surface area contributed by atoms with E-state index in [1.54, 1.807) is 24.5 Å². The molecule has 3 aromatic rings. The number of primary amides is 1. The lowest BCUT2D eigenvalue weighted by atomic mass is 9.76. The van der Waals surface area contributed by atoms with Crippen molar-refractivity contribution >= 4 is 5.91 Å². The molecule has 1 aliphatic heterocycles. The first-order chi connectivity index (χ1) is 16.6. The van der Waals surface area contributed by atoms with Crippen LogP contribution in [0.5, 0.6) is 0 Å². The van der Waals surface area contributed by atoms with Gasteiger partial charge in [-0.3, -0.25) is 4.79 Å². The maximum Gasteiger partial charge on any atom is 0.416 e. The molecule has 0 bridgehead atoms. The summed E-state index contributed by atoms with van der Waals surface area (Å²) in [5.41, 5.74) is 5.32. The molecule has 10 heteroatoms. The van der Waals surface area contributed by atoms with E-state index in [0.29, 0.717) is 24.0 Å². The number of carbonyl (C=O) groups is 1. The first kappa shape index (κ1) is 24.9. The van der Waals surface area contributed by atoms with Gasteiger partial charge in [-0.2, -0.15) is 13.2 Å². The van der Waals surface area contributed by atoms with Crippen molar-refractivity contribution in [2.75, 3.05) is 13.2 Å². The van der Waals surface area contributed by atoms with Gasteiger partial charge in [0.1, 0.15) is 18.2 Å². The van der Waals surface area contributed by atoms with E-state index >= 15 is 0 Å². The van der Waals surface area contributed by atoms with E-state index in [2.05, 4.69) is 15.5 Å². The fourth-order valence-electron chi connectivity index (χ4n) is 4.68. The van der Waals surface area contributed by atoms with Crippen LogP contribution >= 0.6 is 0 Å². The van der Waals surface area contributed by atoms with Crippen molar-refractivity contribution in [2.24, 2.45) is 5.73 Å². The highest BCUT2D eigenvalue weighted by Crippen LogP contribution is 2.39. The summed E-state index contributed by atoms with van der Waals surface area (Å²) in [5.74, 6) is -0.500. The van der Waals surface area contributed by atoms with E-state index in [1.165, 1.54) is 12.7 Å². The molecular formula is C25H28F3N5O2. The number of nitrogens with two attached hydrogens (primary N) is 1. The van der Waals surface area contributed by atoms with Gasteiger partial charge in [0.2, 0.25) is 5.91 Å². The Balaban J connectivity index is 1.59. The molecule has 1 amide bonds. The molecule has 3 atom stereocenters. The van der Waals surface area contributed by atoms with Gasteiger partial charge < -0.3 is 20.4 Å². The van der Waals surface area contributed by atoms with Crippen LogP contribution in [0.25, 0.3) is 0 Å². The van der Waals surface area contributed by atoms with Crippen LogP contribution in [0.15, 0.2) is 61.2 Å². The minimum atomic E-state index is -4.43. The third-order valence-electron chi connectivity index (χ3n) is 6.86. The van der Waals surface area contributed by atoms with Gasteiger partial charge in [0.05, 0.1) is 23.8 Å². The molecule has 1 saturated heterocycles. The number of amides is 1. The molecule has 1 aliphatic rings. The number of piperidine rings is 1. The van der Waals surface area contributed by atoms with Crippen molar-refractivity contribution in [1.29, 1.82) is 0 Å². The number of ether oxygens (including phenoxy) is 1. The maximum atomic E-state index is 13.3. The van der Waals surface area contributed by atoms with Crippen LogP contribution in [0, 0.1) is 6.92 Å². The first-order valence-electron chi connectivity index (χ1n) is 11.3. The number of benzene rings is 2. The zero-order chi connectivity index (χ0) is 25.3. The number of rotatable bonds is 7. The Bertz CT molecular complexity index is 1160. The standard InChI is InChI=1S/C25H28F3N5O2/c1-17-10-19(12-21(11-17)25(26,27)28)18(2)35-14-23(20-6-4-3-5-7-20)8-9-24(13-30-23,22(29)34)33-15-31-32-16-33/h3-7,10-12,15-16,18,30H,8-9,13-14H2,1-2H3,(H2,29,34)/t18-,23-,24-/m1/s1. The third-order valence-corrected chi connectivity index (χ3v) is 6.86. The van der Waals surface area contributed by atoms with E-state index in [-0.39, 0.29) is 13.2 Å². The van der Waals surface area contributed by atoms with Crippen molar-refractivity contribution < 1.29 is 22.7 Å². The van der Waals surface area contributed by atoms with Gasteiger partial charge in [-0.05, 0) is 49.9 Å². The molecule has 7 nitrogen and oxygen atoms in total. The Hall–Kier alpha value is -3.24. The number of aromatic nitrogens is 3. The van der Waals surface area contributed by atoms with Crippen LogP contribution < -0.4 is 11.1 Å². The van der Waals surface area contributed by atoms with Gasteiger partial charge in [-0.1, -0.05) is 42.0 Å². The summed E-state index contributed by atoms with van der Waals surface area (Å²) in [6.45, 7) is 3.77. The van der Waals surface area contributed by atoms with E-state index in [4.69, 9.17) is 10.5 Å². The topological polar surface area (TPSA) is 95.1 Å². The van der Waals surface area contributed by atoms with E-state index in [1.807, 2.05) is 30.3 Å². The largest absolute Gasteiger partial charge is 0.416 e. The van der Waals surface area contributed by atoms with Crippen LogP contribution in [-0.2, 0) is 26.8 Å². The van der Waals surface area contributed by atoms with Gasteiger partial charge in [-0.25, -0.2) is 0 Å². The summed E-state index contributed by atoms with van der Waals surface area (Å²) in [7, 11) is 0. The summed E-state index contributed by atoms with van der Waals surface area (Å²) < 4.78 is 47.8. The van der Waals surface area contributed by atoms with Crippen LogP contribution in [0.1, 0.15) is 48.1 Å². The average Bonchev–Trinajstić information content (AvgIpc) is 3.38. The van der Waals surface area contributed by atoms with Crippen molar-refractivity contribution in [2.45, 2.75) is 50.0 Å². The zero-order valence-electron chi connectivity index (χ0n) is 19.5. The number of nitrogens with zero attached hydrogens (tertiary/aromatic N) is 3. The summed E-state index contributed by atoms with van der Waals surface area (Å²) in [5, 5.41) is 11.1. The van der Waals surface area contributed by atoms with Gasteiger partial charge in [0, 0.05) is 6.54 Å². The maximum absolute atomic E-state index is 13.3. The second kappa shape index (κ2) is 9.43. The Morgan fingerprint density at radius 2 is 1.86 bits per heavy atom. The van der Waals surface area contributed by atoms with Crippen LogP contribution in [0.2, 0.25) is 0 Å². The minimum absolute atomic E-state index is 0.185. The molecular weight excluding hydrogens is 459 g/mol. The molecule has 2 aromatic carbocycles. The smallest absolute Gasteiger partial charge is 0.372 e. The summed E-state index contributed by atoms with van der Waals surface area (Å²) >= 11 is 0. The van der Waals surface area contributed by atoms with Gasteiger partial charge in [0.15, 0.2) is 0 Å². The molecule has 0 unspecified atom stereocenters. The Morgan fingerprint density at radius 1 is 1.17 bits per heavy atom. The Labute approximate surface area is 201 Å². The molecule has 1 aromatic heterocycles. The van der Waals surface area contributed by atoms with Crippen molar-refractivity contribution in [3.05, 3.63) is 83.4 Å². The lowest BCUT2D eigenvalue weighted by Gasteiger charge is -2.46. The van der Waals surface area contributed by atoms with Gasteiger partial charge in [0.25, 0.3) is 0 Å². The van der Waals surface area contributed by atoms with E-state index in [9.17, 15) is 18.0 Å². The monoisotopic (exact) mass is 487 g/mol. The number of hydrogen-bond donors (Lipinski definition) is 2. The van der Waals surface area contributed by atoms with E-state index < -0.39 is 34.8 Å². The highest BCUT2D eigenvalue weighted by atomic mass is 19.4. The number of halogens is 3. The molecule has 3 N–H and O–H groups in total. The van der Waals surface area contributed by atoms with E-state index in [0.717, 1.165) is 17.7 Å². The number of hydrogen-bond acceptors (Lipinski definition) is 5. The summed E-state index contributed by atoms with van der Waals surface area (Å²) in [6, 6.07) is 13.6. The van der Waals surface area contributed by atoms with Gasteiger partial charge >= 0.3 is 6.18 Å². The molecule has 4 rings (SSSR count). The number of carbonyl (C=O) groups excluding carboxylic acids is 1. The molecule has 186 valence electrons. The van der Waals surface area contributed by atoms with Crippen LogP contribution in [0.4, 0.5) is 13.2 Å². The molecule has 0 radical (unpaired) electrons. The first-order valence-corrected chi connectivity index (χ1v) is 11.3. The van der Waals surface area contributed by atoms with Gasteiger partial charge in [-0.15, -0.1) is 10.2 Å².